The highest BCUT2D eigenvalue weighted by Crippen LogP contribution is 2.33. The summed E-state index contributed by atoms with van der Waals surface area (Å²) >= 11 is 0. The van der Waals surface area contributed by atoms with Crippen molar-refractivity contribution >= 4 is 5.97 Å². The summed E-state index contributed by atoms with van der Waals surface area (Å²) in [5, 5.41) is 18.0. The van der Waals surface area contributed by atoms with Gasteiger partial charge < -0.3 is 14.6 Å². The molecule has 0 bridgehead atoms. The molecule has 106 valence electrons. The zero-order valence-electron chi connectivity index (χ0n) is 11.2. The summed E-state index contributed by atoms with van der Waals surface area (Å²) < 4.78 is 10.9. The van der Waals surface area contributed by atoms with Crippen molar-refractivity contribution in [1.82, 2.24) is 4.90 Å². The summed E-state index contributed by atoms with van der Waals surface area (Å²) in [4.78, 5) is 12.3. The molecule has 1 heterocycles. The van der Waals surface area contributed by atoms with E-state index in [1.807, 2.05) is 0 Å². The minimum atomic E-state index is -0.879. The number of rotatable bonds is 5. The van der Waals surface area contributed by atoms with E-state index in [1.54, 1.807) is 30.1 Å². The number of hydrogen-bond acceptors (Lipinski definition) is 5. The molecule has 1 atom stereocenters. The van der Waals surface area contributed by atoms with Crippen LogP contribution in [0.4, 0.5) is 0 Å². The largest absolute Gasteiger partial charge is 0.486 e. The number of nitrogens with zero attached hydrogens (tertiary/aromatic N) is 2. The minimum absolute atomic E-state index is 0.000762. The lowest BCUT2D eigenvalue weighted by Gasteiger charge is -2.24. The van der Waals surface area contributed by atoms with Crippen LogP contribution in [0.1, 0.15) is 18.0 Å². The lowest BCUT2D eigenvalue weighted by atomic mass is 10.1. The molecule has 1 aromatic rings. The molecule has 1 aromatic carbocycles. The van der Waals surface area contributed by atoms with Crippen LogP contribution in [0.15, 0.2) is 18.2 Å². The number of ether oxygens (including phenoxy) is 2. The van der Waals surface area contributed by atoms with E-state index in [0.717, 1.165) is 5.56 Å². The van der Waals surface area contributed by atoms with E-state index in [9.17, 15) is 10.1 Å². The van der Waals surface area contributed by atoms with Gasteiger partial charge in [0, 0.05) is 6.54 Å². The zero-order chi connectivity index (χ0) is 14.5. The second-order valence-corrected chi connectivity index (χ2v) is 4.56. The first-order valence-corrected chi connectivity index (χ1v) is 6.33. The lowest BCUT2D eigenvalue weighted by Crippen LogP contribution is -2.26. The topological polar surface area (TPSA) is 82.8 Å². The van der Waals surface area contributed by atoms with E-state index < -0.39 is 12.0 Å². The van der Waals surface area contributed by atoms with Crippen LogP contribution in [0.5, 0.6) is 11.5 Å². The Labute approximate surface area is 117 Å². The summed E-state index contributed by atoms with van der Waals surface area (Å²) in [6.45, 7) is 1.32. The van der Waals surface area contributed by atoms with E-state index >= 15 is 0 Å². The van der Waals surface area contributed by atoms with E-state index in [-0.39, 0.29) is 6.42 Å². The van der Waals surface area contributed by atoms with Crippen molar-refractivity contribution in [3.63, 3.8) is 0 Å². The summed E-state index contributed by atoms with van der Waals surface area (Å²) in [5.41, 5.74) is 0.768. The maximum absolute atomic E-state index is 10.6. The van der Waals surface area contributed by atoms with Crippen molar-refractivity contribution in [2.75, 3.05) is 26.8 Å². The van der Waals surface area contributed by atoms with Crippen molar-refractivity contribution in [2.45, 2.75) is 12.5 Å². The molecule has 1 unspecified atom stereocenters. The second-order valence-electron chi connectivity index (χ2n) is 4.56. The van der Waals surface area contributed by atoms with Crippen LogP contribution in [0.3, 0.4) is 0 Å². The molecule has 6 nitrogen and oxygen atoms in total. The van der Waals surface area contributed by atoms with Crippen LogP contribution in [-0.2, 0) is 4.79 Å². The summed E-state index contributed by atoms with van der Waals surface area (Å²) in [6, 6.07) is 7.03. The SMILES string of the molecule is CN(CCC(=O)O)C(C#N)c1ccc2c(c1)OCCO2. The Hall–Kier alpha value is -2.26. The van der Waals surface area contributed by atoms with Crippen LogP contribution in [-0.4, -0.2) is 42.8 Å². The maximum atomic E-state index is 10.6. The van der Waals surface area contributed by atoms with Crippen molar-refractivity contribution in [3.05, 3.63) is 23.8 Å². The molecular formula is C14H16N2O4. The van der Waals surface area contributed by atoms with Crippen molar-refractivity contribution in [2.24, 2.45) is 0 Å². The highest BCUT2D eigenvalue weighted by atomic mass is 16.6. The Balaban J connectivity index is 2.15. The Morgan fingerprint density at radius 1 is 1.45 bits per heavy atom. The fourth-order valence-electron chi connectivity index (χ4n) is 2.06. The molecule has 0 aromatic heterocycles. The van der Waals surface area contributed by atoms with Crippen molar-refractivity contribution in [3.8, 4) is 17.6 Å². The van der Waals surface area contributed by atoms with E-state index in [4.69, 9.17) is 14.6 Å². The number of carboxylic acids is 1. The van der Waals surface area contributed by atoms with Crippen LogP contribution >= 0.6 is 0 Å². The molecule has 0 spiro atoms. The monoisotopic (exact) mass is 276 g/mol. The number of fused-ring (bicyclic) bond motifs is 1. The zero-order valence-corrected chi connectivity index (χ0v) is 11.2. The Morgan fingerprint density at radius 3 is 2.80 bits per heavy atom. The summed E-state index contributed by atoms with van der Waals surface area (Å²) in [5.74, 6) is 0.418. The minimum Gasteiger partial charge on any atom is -0.486 e. The Morgan fingerprint density at radius 2 is 2.15 bits per heavy atom. The molecule has 1 N–H and O–H groups in total. The van der Waals surface area contributed by atoms with Crippen LogP contribution < -0.4 is 9.47 Å². The maximum Gasteiger partial charge on any atom is 0.304 e. The molecule has 0 radical (unpaired) electrons. The molecule has 6 heteroatoms. The molecule has 0 amide bonds. The molecule has 20 heavy (non-hydrogen) atoms. The van der Waals surface area contributed by atoms with Gasteiger partial charge in [-0.25, -0.2) is 0 Å². The van der Waals surface area contributed by atoms with Crippen molar-refractivity contribution < 1.29 is 19.4 Å². The quantitative estimate of drug-likeness (QED) is 0.876. The summed E-state index contributed by atoms with van der Waals surface area (Å²) in [7, 11) is 1.73. The molecule has 0 fully saturated rings. The van der Waals surface area contributed by atoms with Gasteiger partial charge in [0.2, 0.25) is 0 Å². The van der Waals surface area contributed by atoms with Gasteiger partial charge in [0.05, 0.1) is 12.5 Å². The predicted octanol–water partition coefficient (Wildman–Crippen LogP) is 1.43. The first-order valence-electron chi connectivity index (χ1n) is 6.33. The van der Waals surface area contributed by atoms with Gasteiger partial charge in [-0.2, -0.15) is 5.26 Å². The van der Waals surface area contributed by atoms with Gasteiger partial charge in [-0.3, -0.25) is 9.69 Å². The Kier molecular flexibility index (Phi) is 4.43. The van der Waals surface area contributed by atoms with Gasteiger partial charge in [0.25, 0.3) is 0 Å². The van der Waals surface area contributed by atoms with Crippen LogP contribution in [0.2, 0.25) is 0 Å². The van der Waals surface area contributed by atoms with Gasteiger partial charge in [-0.1, -0.05) is 6.07 Å². The molecule has 1 aliphatic heterocycles. The molecule has 0 saturated carbocycles. The Bertz CT molecular complexity index is 538. The predicted molar refractivity (Wildman–Crippen MR) is 70.7 cm³/mol. The molecule has 1 aliphatic rings. The highest BCUT2D eigenvalue weighted by Gasteiger charge is 2.20. The van der Waals surface area contributed by atoms with Gasteiger partial charge in [0.15, 0.2) is 11.5 Å². The second kappa shape index (κ2) is 6.26. The average Bonchev–Trinajstić information content (AvgIpc) is 2.45. The molecule has 0 aliphatic carbocycles. The van der Waals surface area contributed by atoms with E-state index in [2.05, 4.69) is 6.07 Å². The van der Waals surface area contributed by atoms with Crippen molar-refractivity contribution in [1.29, 1.82) is 5.26 Å². The van der Waals surface area contributed by atoms with Gasteiger partial charge in [0.1, 0.15) is 19.3 Å². The first-order chi connectivity index (χ1) is 9.61. The fraction of sp³-hybridized carbons (Fsp3) is 0.429. The third-order valence-corrected chi connectivity index (χ3v) is 3.12. The van der Waals surface area contributed by atoms with Gasteiger partial charge in [-0.15, -0.1) is 0 Å². The number of benzene rings is 1. The smallest absolute Gasteiger partial charge is 0.304 e. The lowest BCUT2D eigenvalue weighted by molar-refractivity contribution is -0.137. The van der Waals surface area contributed by atoms with E-state index in [0.29, 0.717) is 31.3 Å². The third-order valence-electron chi connectivity index (χ3n) is 3.12. The van der Waals surface area contributed by atoms with E-state index in [1.165, 1.54) is 0 Å². The number of aliphatic carboxylic acids is 1. The average molecular weight is 276 g/mol. The number of nitriles is 1. The van der Waals surface area contributed by atoms with Crippen LogP contribution in [0.25, 0.3) is 0 Å². The fourth-order valence-corrected chi connectivity index (χ4v) is 2.06. The molecule has 0 saturated heterocycles. The van der Waals surface area contributed by atoms with Gasteiger partial charge >= 0.3 is 5.97 Å². The number of carboxylic acid groups (broad SMARTS) is 1. The third kappa shape index (κ3) is 3.19. The molecule has 2 rings (SSSR count). The normalized spacial score (nSPS) is 14.7. The number of carbonyl (C=O) groups is 1. The number of hydrogen-bond donors (Lipinski definition) is 1. The highest BCUT2D eigenvalue weighted by molar-refractivity contribution is 5.66. The van der Waals surface area contributed by atoms with Gasteiger partial charge in [-0.05, 0) is 24.7 Å². The summed E-state index contributed by atoms with van der Waals surface area (Å²) in [6.07, 6.45) is -0.000762. The van der Waals surface area contributed by atoms with Crippen LogP contribution in [0, 0.1) is 11.3 Å². The first kappa shape index (κ1) is 14.2. The standard InChI is InChI=1S/C14H16N2O4/c1-16(5-4-14(17)18)11(9-15)10-2-3-12-13(8-10)20-7-6-19-12/h2-3,8,11H,4-7H2,1H3,(H,17,18). The molecular weight excluding hydrogens is 260 g/mol.